The zero-order valence-corrected chi connectivity index (χ0v) is 16.9. The first kappa shape index (κ1) is 19.1. The molecule has 7 nitrogen and oxygen atoms in total. The molecular weight excluding hydrogens is 392 g/mol. The molecule has 4 rings (SSSR count). The quantitative estimate of drug-likeness (QED) is 0.614. The van der Waals surface area contributed by atoms with Gasteiger partial charge in [-0.3, -0.25) is 9.69 Å². The molecule has 0 spiro atoms. The largest absolute Gasteiger partial charge is 0.495 e. The van der Waals surface area contributed by atoms with Gasteiger partial charge in [0.15, 0.2) is 5.13 Å². The minimum Gasteiger partial charge on any atom is -0.495 e. The Balaban J connectivity index is 1.79. The van der Waals surface area contributed by atoms with Crippen molar-refractivity contribution in [3.8, 4) is 11.5 Å². The predicted octanol–water partition coefficient (Wildman–Crippen LogP) is 3.73. The number of benzene rings is 2. The Hall–Kier alpha value is -3.26. The lowest BCUT2D eigenvalue weighted by Crippen LogP contribution is -2.33. The first-order valence-electron chi connectivity index (χ1n) is 9.03. The molecule has 0 saturated heterocycles. The summed E-state index contributed by atoms with van der Waals surface area (Å²) in [7, 11) is 3.19. The van der Waals surface area contributed by atoms with Crippen molar-refractivity contribution in [3.05, 3.63) is 60.0 Å². The lowest BCUT2D eigenvalue weighted by molar-refractivity contribution is -0.119. The molecule has 0 unspecified atom stereocenters. The molecule has 0 radical (unpaired) electrons. The molecule has 3 aromatic rings. The zero-order chi connectivity index (χ0) is 20.2. The topological polar surface area (TPSA) is 70.1 Å². The molecule has 0 atom stereocenters. The van der Waals surface area contributed by atoms with Crippen molar-refractivity contribution in [1.82, 2.24) is 4.98 Å². The van der Waals surface area contributed by atoms with Gasteiger partial charge in [0.05, 0.1) is 20.8 Å². The second-order valence-electron chi connectivity index (χ2n) is 6.22. The molecule has 150 valence electrons. The third kappa shape index (κ3) is 3.84. The third-order valence-corrected chi connectivity index (χ3v) is 5.51. The molecule has 0 bridgehead atoms. The molecule has 0 fully saturated rings. The predicted molar refractivity (Wildman–Crippen MR) is 110 cm³/mol. The van der Waals surface area contributed by atoms with Gasteiger partial charge < -0.3 is 18.9 Å². The van der Waals surface area contributed by atoms with Gasteiger partial charge in [0, 0.05) is 0 Å². The Labute approximate surface area is 172 Å². The van der Waals surface area contributed by atoms with Crippen molar-refractivity contribution < 1.29 is 23.7 Å². The fourth-order valence-electron chi connectivity index (χ4n) is 3.00. The number of hydrogen-bond donors (Lipinski definition) is 0. The highest BCUT2D eigenvalue weighted by Crippen LogP contribution is 2.40. The van der Waals surface area contributed by atoms with Crippen LogP contribution < -0.4 is 14.4 Å². The monoisotopic (exact) mass is 412 g/mol. The van der Waals surface area contributed by atoms with Crippen molar-refractivity contribution in [1.29, 1.82) is 0 Å². The van der Waals surface area contributed by atoms with Crippen LogP contribution in [0.4, 0.5) is 5.13 Å². The molecule has 29 heavy (non-hydrogen) atoms. The minimum atomic E-state index is -0.314. The van der Waals surface area contributed by atoms with E-state index in [1.807, 2.05) is 36.4 Å². The van der Waals surface area contributed by atoms with E-state index < -0.39 is 0 Å². The van der Waals surface area contributed by atoms with Gasteiger partial charge in [0.2, 0.25) is 5.76 Å². The molecule has 0 saturated carbocycles. The Morgan fingerprint density at radius 2 is 1.86 bits per heavy atom. The van der Waals surface area contributed by atoms with Crippen molar-refractivity contribution >= 4 is 32.6 Å². The highest BCUT2D eigenvalue weighted by atomic mass is 32.1. The molecule has 0 N–H and O–H groups in total. The van der Waals surface area contributed by atoms with Crippen LogP contribution in [-0.2, 0) is 20.8 Å². The van der Waals surface area contributed by atoms with Crippen LogP contribution in [0.1, 0.15) is 5.56 Å². The van der Waals surface area contributed by atoms with Gasteiger partial charge in [-0.05, 0) is 17.7 Å². The molecule has 1 amide bonds. The number of fused-ring (bicyclic) bond motifs is 1. The van der Waals surface area contributed by atoms with E-state index in [0.717, 1.165) is 10.3 Å². The summed E-state index contributed by atoms with van der Waals surface area (Å²) in [4.78, 5) is 19.5. The average Bonchev–Trinajstić information content (AvgIpc) is 3.23. The van der Waals surface area contributed by atoms with Gasteiger partial charge >= 0.3 is 0 Å². The lowest BCUT2D eigenvalue weighted by atomic mass is 10.2. The number of ether oxygens (including phenoxy) is 4. The van der Waals surface area contributed by atoms with Crippen molar-refractivity contribution in [2.24, 2.45) is 0 Å². The molecule has 1 aromatic heterocycles. The Kier molecular flexibility index (Phi) is 5.53. The number of carbonyl (C=O) groups excluding carboxylic acids is 1. The van der Waals surface area contributed by atoms with E-state index in [-0.39, 0.29) is 11.7 Å². The van der Waals surface area contributed by atoms with E-state index in [9.17, 15) is 4.79 Å². The van der Waals surface area contributed by atoms with Crippen molar-refractivity contribution in [2.75, 3.05) is 32.3 Å². The van der Waals surface area contributed by atoms with Crippen LogP contribution in [0.3, 0.4) is 0 Å². The van der Waals surface area contributed by atoms with E-state index in [1.165, 1.54) is 17.6 Å². The summed E-state index contributed by atoms with van der Waals surface area (Å²) in [6.45, 7) is 1.09. The molecule has 1 aliphatic rings. The lowest BCUT2D eigenvalue weighted by Gasteiger charge is -2.23. The maximum atomic E-state index is 13.2. The van der Waals surface area contributed by atoms with Gasteiger partial charge in [-0.2, -0.15) is 0 Å². The molecule has 1 aliphatic heterocycles. The number of thiazole rings is 1. The fraction of sp³-hybridized carbons (Fsp3) is 0.238. The van der Waals surface area contributed by atoms with Gasteiger partial charge in [-0.25, -0.2) is 4.98 Å². The molecular formula is C21H20N2O5S. The second-order valence-corrected chi connectivity index (χ2v) is 7.20. The maximum absolute atomic E-state index is 13.2. The van der Waals surface area contributed by atoms with E-state index in [4.69, 9.17) is 23.9 Å². The summed E-state index contributed by atoms with van der Waals surface area (Å²) in [5.74, 6) is 1.14. The van der Waals surface area contributed by atoms with E-state index in [0.29, 0.717) is 41.9 Å². The summed E-state index contributed by atoms with van der Waals surface area (Å²) in [5, 5.41) is 0.520. The van der Waals surface area contributed by atoms with Crippen LogP contribution in [-0.4, -0.2) is 38.3 Å². The highest BCUT2D eigenvalue weighted by molar-refractivity contribution is 7.22. The molecule has 0 aliphatic carbocycles. The SMILES string of the molecule is COc1ccc(OC)c2sc(N(Cc3ccccc3)C(=O)C3=COCCO3)nc12. The van der Waals surface area contributed by atoms with Gasteiger partial charge in [0.25, 0.3) is 5.91 Å². The smallest absolute Gasteiger partial charge is 0.298 e. The number of aromatic nitrogens is 1. The zero-order valence-electron chi connectivity index (χ0n) is 16.1. The van der Waals surface area contributed by atoms with Crippen LogP contribution in [0, 0.1) is 0 Å². The third-order valence-electron chi connectivity index (χ3n) is 4.42. The number of hydrogen-bond acceptors (Lipinski definition) is 7. The standard InChI is InChI=1S/C21H20N2O5S/c1-25-15-8-9-16(26-2)19-18(15)22-21(29-19)23(12-14-6-4-3-5-7-14)20(24)17-13-27-10-11-28-17/h3-9,13H,10-12H2,1-2H3. The Bertz CT molecular complexity index is 1010. The minimum absolute atomic E-state index is 0.158. The van der Waals surface area contributed by atoms with Crippen LogP contribution in [0.5, 0.6) is 11.5 Å². The number of nitrogens with zero attached hydrogens (tertiary/aromatic N) is 2. The Morgan fingerprint density at radius 1 is 1.10 bits per heavy atom. The summed E-state index contributed by atoms with van der Waals surface area (Å²) in [5.41, 5.74) is 1.61. The first-order valence-corrected chi connectivity index (χ1v) is 9.85. The number of carbonyl (C=O) groups is 1. The fourth-order valence-corrected chi connectivity index (χ4v) is 4.07. The van der Waals surface area contributed by atoms with Gasteiger partial charge in [0.1, 0.15) is 41.2 Å². The molecule has 2 heterocycles. The highest BCUT2D eigenvalue weighted by Gasteiger charge is 2.27. The summed E-state index contributed by atoms with van der Waals surface area (Å²) in [6, 6.07) is 13.3. The number of rotatable bonds is 6. The van der Waals surface area contributed by atoms with Crippen LogP contribution >= 0.6 is 11.3 Å². The average molecular weight is 412 g/mol. The van der Waals surface area contributed by atoms with Gasteiger partial charge in [-0.15, -0.1) is 0 Å². The Morgan fingerprint density at radius 3 is 2.55 bits per heavy atom. The van der Waals surface area contributed by atoms with E-state index in [2.05, 4.69) is 0 Å². The van der Waals surface area contributed by atoms with Crippen molar-refractivity contribution in [3.63, 3.8) is 0 Å². The van der Waals surface area contributed by atoms with E-state index >= 15 is 0 Å². The summed E-state index contributed by atoms with van der Waals surface area (Å²) >= 11 is 1.36. The summed E-state index contributed by atoms with van der Waals surface area (Å²) < 4.78 is 22.5. The van der Waals surface area contributed by atoms with Crippen LogP contribution in [0.2, 0.25) is 0 Å². The number of amides is 1. The van der Waals surface area contributed by atoms with Crippen LogP contribution in [0.15, 0.2) is 54.5 Å². The summed E-state index contributed by atoms with van der Waals surface area (Å²) in [6.07, 6.45) is 1.36. The van der Waals surface area contributed by atoms with E-state index in [1.54, 1.807) is 25.2 Å². The number of methoxy groups -OCH3 is 2. The second kappa shape index (κ2) is 8.40. The maximum Gasteiger partial charge on any atom is 0.298 e. The normalized spacial score (nSPS) is 13.2. The number of anilines is 1. The van der Waals surface area contributed by atoms with Gasteiger partial charge in [-0.1, -0.05) is 41.7 Å². The molecule has 8 heteroatoms. The molecule has 2 aromatic carbocycles. The first-order chi connectivity index (χ1) is 14.2. The van der Waals surface area contributed by atoms with Crippen LogP contribution in [0.25, 0.3) is 10.2 Å². The van der Waals surface area contributed by atoms with Crippen molar-refractivity contribution in [2.45, 2.75) is 6.54 Å².